The van der Waals surface area contributed by atoms with Crippen LogP contribution in [-0.2, 0) is 0 Å². The lowest BCUT2D eigenvalue weighted by Crippen LogP contribution is -2.47. The van der Waals surface area contributed by atoms with Crippen LogP contribution < -0.4 is 5.32 Å². The van der Waals surface area contributed by atoms with Crippen LogP contribution in [0.3, 0.4) is 0 Å². The largest absolute Gasteiger partial charge is 0.388 e. The topological polar surface area (TPSA) is 35.6 Å². The van der Waals surface area contributed by atoms with Gasteiger partial charge in [-0.2, -0.15) is 0 Å². The molecule has 0 aliphatic carbocycles. The molecule has 18 heavy (non-hydrogen) atoms. The standard InChI is InChI=1S/C13H18FN3O/c1-15-10-3-4-12(14)11(9-10)13(18)17-7-5-16(2)6-8-17/h3-4,9,15H,5-8H2,1-2H3. The Balaban J connectivity index is 2.17. The Hall–Kier alpha value is -1.62. The van der Waals surface area contributed by atoms with E-state index in [4.69, 9.17) is 0 Å². The molecule has 1 aliphatic heterocycles. The second-order valence-corrected chi connectivity index (χ2v) is 4.54. The zero-order valence-corrected chi connectivity index (χ0v) is 10.7. The molecule has 0 unspecified atom stereocenters. The highest BCUT2D eigenvalue weighted by Crippen LogP contribution is 2.17. The summed E-state index contributed by atoms with van der Waals surface area (Å²) >= 11 is 0. The Labute approximate surface area is 106 Å². The molecular weight excluding hydrogens is 233 g/mol. The highest BCUT2D eigenvalue weighted by Gasteiger charge is 2.22. The molecule has 1 aliphatic rings. The number of anilines is 1. The first-order chi connectivity index (χ1) is 8.61. The van der Waals surface area contributed by atoms with Crippen molar-refractivity contribution in [2.75, 3.05) is 45.6 Å². The molecule has 5 heteroatoms. The maximum absolute atomic E-state index is 13.7. The molecule has 2 rings (SSSR count). The number of benzene rings is 1. The Bertz CT molecular complexity index is 442. The molecule has 1 aromatic carbocycles. The van der Waals surface area contributed by atoms with E-state index in [2.05, 4.69) is 10.2 Å². The average Bonchev–Trinajstić information content (AvgIpc) is 2.39. The van der Waals surface area contributed by atoms with E-state index >= 15 is 0 Å². The SMILES string of the molecule is CNc1ccc(F)c(C(=O)N2CCN(C)CC2)c1. The Morgan fingerprint density at radius 2 is 1.94 bits per heavy atom. The van der Waals surface area contributed by atoms with Gasteiger partial charge in [-0.15, -0.1) is 0 Å². The summed E-state index contributed by atoms with van der Waals surface area (Å²) in [5.41, 5.74) is 0.889. The number of halogens is 1. The molecule has 0 spiro atoms. The molecule has 1 amide bonds. The van der Waals surface area contributed by atoms with Gasteiger partial charge in [0.1, 0.15) is 5.82 Å². The summed E-state index contributed by atoms with van der Waals surface area (Å²) in [6, 6.07) is 4.52. The molecule has 0 saturated carbocycles. The van der Waals surface area contributed by atoms with Crippen LogP contribution in [0.5, 0.6) is 0 Å². The number of amides is 1. The number of nitrogens with one attached hydrogen (secondary N) is 1. The molecule has 0 bridgehead atoms. The van der Waals surface area contributed by atoms with Gasteiger partial charge in [-0.05, 0) is 25.2 Å². The predicted molar refractivity (Wildman–Crippen MR) is 69.3 cm³/mol. The molecule has 1 fully saturated rings. The fraction of sp³-hybridized carbons (Fsp3) is 0.462. The molecule has 98 valence electrons. The van der Waals surface area contributed by atoms with Gasteiger partial charge in [-0.3, -0.25) is 4.79 Å². The maximum Gasteiger partial charge on any atom is 0.256 e. The number of hydrogen-bond donors (Lipinski definition) is 1. The van der Waals surface area contributed by atoms with Crippen LogP contribution in [0.1, 0.15) is 10.4 Å². The number of hydrogen-bond acceptors (Lipinski definition) is 3. The lowest BCUT2D eigenvalue weighted by molar-refractivity contribution is 0.0659. The summed E-state index contributed by atoms with van der Waals surface area (Å²) in [6.07, 6.45) is 0. The first-order valence-electron chi connectivity index (χ1n) is 6.07. The van der Waals surface area contributed by atoms with Crippen LogP contribution in [-0.4, -0.2) is 56.0 Å². The van der Waals surface area contributed by atoms with Crippen LogP contribution in [0.15, 0.2) is 18.2 Å². The van der Waals surface area contributed by atoms with Gasteiger partial charge in [0.2, 0.25) is 0 Å². The van der Waals surface area contributed by atoms with Crippen molar-refractivity contribution in [3.63, 3.8) is 0 Å². The second kappa shape index (κ2) is 5.35. The Morgan fingerprint density at radius 3 is 2.56 bits per heavy atom. The van der Waals surface area contributed by atoms with E-state index < -0.39 is 5.82 Å². The van der Waals surface area contributed by atoms with Crippen molar-refractivity contribution in [1.82, 2.24) is 9.80 Å². The molecule has 0 atom stereocenters. The van der Waals surface area contributed by atoms with E-state index in [1.165, 1.54) is 6.07 Å². The van der Waals surface area contributed by atoms with E-state index in [1.807, 2.05) is 7.05 Å². The summed E-state index contributed by atoms with van der Waals surface area (Å²) in [6.45, 7) is 2.97. The van der Waals surface area contributed by atoms with Gasteiger partial charge in [0.05, 0.1) is 5.56 Å². The normalized spacial score (nSPS) is 16.7. The van der Waals surface area contributed by atoms with Crippen molar-refractivity contribution >= 4 is 11.6 Å². The maximum atomic E-state index is 13.7. The third kappa shape index (κ3) is 2.61. The monoisotopic (exact) mass is 251 g/mol. The number of carbonyl (C=O) groups excluding carboxylic acids is 1. The Kier molecular flexibility index (Phi) is 3.81. The molecule has 1 saturated heterocycles. The molecule has 1 aromatic rings. The van der Waals surface area contributed by atoms with Gasteiger partial charge in [0.25, 0.3) is 5.91 Å². The molecule has 4 nitrogen and oxygen atoms in total. The third-order valence-corrected chi connectivity index (χ3v) is 3.28. The van der Waals surface area contributed by atoms with Crippen LogP contribution in [0.2, 0.25) is 0 Å². The zero-order valence-electron chi connectivity index (χ0n) is 10.7. The molecule has 0 aromatic heterocycles. The predicted octanol–water partition coefficient (Wildman–Crippen LogP) is 1.25. The highest BCUT2D eigenvalue weighted by molar-refractivity contribution is 5.95. The summed E-state index contributed by atoms with van der Waals surface area (Å²) in [5, 5.41) is 2.91. The summed E-state index contributed by atoms with van der Waals surface area (Å²) in [4.78, 5) is 16.1. The van der Waals surface area contributed by atoms with E-state index in [1.54, 1.807) is 24.1 Å². The smallest absolute Gasteiger partial charge is 0.256 e. The fourth-order valence-corrected chi connectivity index (χ4v) is 2.02. The summed E-state index contributed by atoms with van der Waals surface area (Å²) < 4.78 is 13.7. The van der Waals surface area contributed by atoms with Crippen LogP contribution >= 0.6 is 0 Å². The number of piperazine rings is 1. The lowest BCUT2D eigenvalue weighted by atomic mass is 10.1. The highest BCUT2D eigenvalue weighted by atomic mass is 19.1. The van der Waals surface area contributed by atoms with Crippen molar-refractivity contribution in [2.24, 2.45) is 0 Å². The lowest BCUT2D eigenvalue weighted by Gasteiger charge is -2.32. The Morgan fingerprint density at radius 1 is 1.28 bits per heavy atom. The van der Waals surface area contributed by atoms with Crippen LogP contribution in [0.4, 0.5) is 10.1 Å². The van der Waals surface area contributed by atoms with Gasteiger partial charge in [0, 0.05) is 38.9 Å². The first kappa shape index (κ1) is 12.8. The molecule has 1 heterocycles. The molecular formula is C13H18FN3O. The van der Waals surface area contributed by atoms with Gasteiger partial charge in [-0.25, -0.2) is 4.39 Å². The van der Waals surface area contributed by atoms with Gasteiger partial charge >= 0.3 is 0 Å². The number of carbonyl (C=O) groups is 1. The second-order valence-electron chi connectivity index (χ2n) is 4.54. The van der Waals surface area contributed by atoms with Crippen molar-refractivity contribution in [3.8, 4) is 0 Å². The molecule has 0 radical (unpaired) electrons. The molecule has 1 N–H and O–H groups in total. The van der Waals surface area contributed by atoms with E-state index in [9.17, 15) is 9.18 Å². The first-order valence-corrected chi connectivity index (χ1v) is 6.07. The number of rotatable bonds is 2. The van der Waals surface area contributed by atoms with Crippen molar-refractivity contribution < 1.29 is 9.18 Å². The van der Waals surface area contributed by atoms with Gasteiger partial charge < -0.3 is 15.1 Å². The third-order valence-electron chi connectivity index (χ3n) is 3.28. The van der Waals surface area contributed by atoms with Gasteiger partial charge in [-0.1, -0.05) is 0 Å². The number of nitrogens with zero attached hydrogens (tertiary/aromatic N) is 2. The zero-order chi connectivity index (χ0) is 13.1. The fourth-order valence-electron chi connectivity index (χ4n) is 2.02. The van der Waals surface area contributed by atoms with Crippen LogP contribution in [0.25, 0.3) is 0 Å². The van der Waals surface area contributed by atoms with Crippen molar-refractivity contribution in [2.45, 2.75) is 0 Å². The average molecular weight is 251 g/mol. The van der Waals surface area contributed by atoms with Crippen molar-refractivity contribution in [1.29, 1.82) is 0 Å². The van der Waals surface area contributed by atoms with E-state index in [-0.39, 0.29) is 11.5 Å². The van der Waals surface area contributed by atoms with Gasteiger partial charge in [0.15, 0.2) is 0 Å². The summed E-state index contributed by atoms with van der Waals surface area (Å²) in [7, 11) is 3.77. The minimum Gasteiger partial charge on any atom is -0.388 e. The minimum absolute atomic E-state index is 0.145. The van der Waals surface area contributed by atoms with Crippen molar-refractivity contribution in [3.05, 3.63) is 29.6 Å². The number of likely N-dealkylation sites (N-methyl/N-ethyl adjacent to an activating group) is 1. The van der Waals surface area contributed by atoms with Crippen LogP contribution in [0, 0.1) is 5.82 Å². The summed E-state index contributed by atoms with van der Waals surface area (Å²) in [5.74, 6) is -0.685. The minimum atomic E-state index is -0.460. The van der Waals surface area contributed by atoms with E-state index in [0.717, 1.165) is 18.8 Å². The quantitative estimate of drug-likeness (QED) is 0.859. The van der Waals surface area contributed by atoms with E-state index in [0.29, 0.717) is 13.1 Å².